The van der Waals surface area contributed by atoms with E-state index in [0.29, 0.717) is 11.5 Å². The Morgan fingerprint density at radius 1 is 1.31 bits per heavy atom. The molecule has 2 rings (SSSR count). The van der Waals surface area contributed by atoms with Crippen LogP contribution in [0.2, 0.25) is 0 Å². The highest BCUT2D eigenvalue weighted by Gasteiger charge is 1.99. The smallest absolute Gasteiger partial charge is 0.251 e. The first-order valence-corrected chi connectivity index (χ1v) is 3.91. The van der Waals surface area contributed by atoms with Gasteiger partial charge in [0.05, 0.1) is 0 Å². The SMILES string of the molecule is Cn1c(=O)ccc2ccc(N)nc21. The third-order valence-corrected chi connectivity index (χ3v) is 1.98. The molecule has 13 heavy (non-hydrogen) atoms. The second kappa shape index (κ2) is 2.58. The standard InChI is InChI=1S/C9H9N3O/c1-12-8(13)5-3-6-2-4-7(10)11-9(6)12/h2-5H,1H3,(H2,10,11). The van der Waals surface area contributed by atoms with E-state index in [1.165, 1.54) is 10.6 Å². The minimum absolute atomic E-state index is 0.0781. The van der Waals surface area contributed by atoms with Crippen LogP contribution in [0.4, 0.5) is 5.82 Å². The summed E-state index contributed by atoms with van der Waals surface area (Å²) < 4.78 is 1.48. The van der Waals surface area contributed by atoms with Crippen LogP contribution in [0, 0.1) is 0 Å². The molecule has 0 aromatic carbocycles. The van der Waals surface area contributed by atoms with E-state index in [4.69, 9.17) is 5.73 Å². The molecule has 2 aromatic rings. The van der Waals surface area contributed by atoms with Crippen molar-refractivity contribution >= 4 is 16.9 Å². The molecule has 0 saturated carbocycles. The zero-order chi connectivity index (χ0) is 9.42. The largest absolute Gasteiger partial charge is 0.384 e. The molecule has 4 nitrogen and oxygen atoms in total. The summed E-state index contributed by atoms with van der Waals surface area (Å²) in [4.78, 5) is 15.3. The Balaban J connectivity index is 2.97. The molecule has 2 heterocycles. The van der Waals surface area contributed by atoms with Crippen molar-refractivity contribution in [3.05, 3.63) is 34.6 Å². The summed E-state index contributed by atoms with van der Waals surface area (Å²) in [6.45, 7) is 0. The summed E-state index contributed by atoms with van der Waals surface area (Å²) in [6.07, 6.45) is 0. The molecule has 0 bridgehead atoms. The number of nitrogens with zero attached hydrogens (tertiary/aromatic N) is 2. The first-order valence-electron chi connectivity index (χ1n) is 3.91. The summed E-state index contributed by atoms with van der Waals surface area (Å²) in [7, 11) is 1.68. The van der Waals surface area contributed by atoms with Gasteiger partial charge in [0.1, 0.15) is 11.5 Å². The van der Waals surface area contributed by atoms with E-state index in [2.05, 4.69) is 4.98 Å². The summed E-state index contributed by atoms with van der Waals surface area (Å²) >= 11 is 0. The number of aromatic nitrogens is 2. The average Bonchev–Trinajstić information content (AvgIpc) is 2.12. The number of hydrogen-bond acceptors (Lipinski definition) is 3. The fraction of sp³-hybridized carbons (Fsp3) is 0.111. The first kappa shape index (κ1) is 7.79. The van der Waals surface area contributed by atoms with Crippen molar-refractivity contribution in [1.29, 1.82) is 0 Å². The second-order valence-electron chi connectivity index (χ2n) is 2.88. The highest BCUT2D eigenvalue weighted by atomic mass is 16.1. The van der Waals surface area contributed by atoms with Crippen molar-refractivity contribution in [2.24, 2.45) is 7.05 Å². The Morgan fingerprint density at radius 2 is 2.00 bits per heavy atom. The topological polar surface area (TPSA) is 60.9 Å². The van der Waals surface area contributed by atoms with Crippen molar-refractivity contribution in [2.75, 3.05) is 5.73 Å². The van der Waals surface area contributed by atoms with Crippen molar-refractivity contribution in [3.63, 3.8) is 0 Å². The summed E-state index contributed by atoms with van der Waals surface area (Å²) in [5.41, 5.74) is 6.06. The van der Waals surface area contributed by atoms with E-state index >= 15 is 0 Å². The minimum atomic E-state index is -0.0781. The molecule has 4 heteroatoms. The second-order valence-corrected chi connectivity index (χ2v) is 2.88. The number of nitrogen functional groups attached to an aromatic ring is 1. The number of hydrogen-bond donors (Lipinski definition) is 1. The third-order valence-electron chi connectivity index (χ3n) is 1.98. The molecule has 0 spiro atoms. The van der Waals surface area contributed by atoms with Crippen LogP contribution in [-0.4, -0.2) is 9.55 Å². The first-order chi connectivity index (χ1) is 6.18. The zero-order valence-corrected chi connectivity index (χ0v) is 7.19. The van der Waals surface area contributed by atoms with Gasteiger partial charge in [-0.3, -0.25) is 9.36 Å². The van der Waals surface area contributed by atoms with Gasteiger partial charge in [0, 0.05) is 18.5 Å². The number of pyridine rings is 2. The highest BCUT2D eigenvalue weighted by Crippen LogP contribution is 2.09. The van der Waals surface area contributed by atoms with Gasteiger partial charge >= 0.3 is 0 Å². The van der Waals surface area contributed by atoms with Gasteiger partial charge in [-0.1, -0.05) is 0 Å². The fourth-order valence-electron chi connectivity index (χ4n) is 1.25. The van der Waals surface area contributed by atoms with E-state index in [9.17, 15) is 4.79 Å². The van der Waals surface area contributed by atoms with E-state index in [1.54, 1.807) is 19.2 Å². The molecule has 0 unspecified atom stereocenters. The number of aryl methyl sites for hydroxylation is 1. The van der Waals surface area contributed by atoms with Gasteiger partial charge < -0.3 is 5.73 Å². The quantitative estimate of drug-likeness (QED) is 0.634. The molecule has 0 aliphatic carbocycles. The Labute approximate surface area is 74.6 Å². The maximum Gasteiger partial charge on any atom is 0.251 e. The molecule has 0 aliphatic heterocycles. The van der Waals surface area contributed by atoms with E-state index in [0.717, 1.165) is 5.39 Å². The van der Waals surface area contributed by atoms with Gasteiger partial charge in [-0.2, -0.15) is 0 Å². The number of anilines is 1. The molecule has 0 radical (unpaired) electrons. The van der Waals surface area contributed by atoms with Gasteiger partial charge in [0.25, 0.3) is 5.56 Å². The molecule has 0 amide bonds. The van der Waals surface area contributed by atoms with Crippen molar-refractivity contribution < 1.29 is 0 Å². The van der Waals surface area contributed by atoms with Gasteiger partial charge in [0.15, 0.2) is 0 Å². The van der Waals surface area contributed by atoms with Crippen molar-refractivity contribution in [3.8, 4) is 0 Å². The normalized spacial score (nSPS) is 10.5. The number of fused-ring (bicyclic) bond motifs is 1. The van der Waals surface area contributed by atoms with Gasteiger partial charge in [-0.15, -0.1) is 0 Å². The molecule has 0 aliphatic rings. The maximum atomic E-state index is 11.2. The predicted molar refractivity (Wildman–Crippen MR) is 51.4 cm³/mol. The van der Waals surface area contributed by atoms with Crippen LogP contribution >= 0.6 is 0 Å². The highest BCUT2D eigenvalue weighted by molar-refractivity contribution is 5.76. The van der Waals surface area contributed by atoms with Crippen molar-refractivity contribution in [2.45, 2.75) is 0 Å². The molecule has 2 N–H and O–H groups in total. The fourth-order valence-corrected chi connectivity index (χ4v) is 1.25. The lowest BCUT2D eigenvalue weighted by molar-refractivity contribution is 0.889. The monoisotopic (exact) mass is 175 g/mol. The number of rotatable bonds is 0. The van der Waals surface area contributed by atoms with Crippen LogP contribution in [0.25, 0.3) is 11.0 Å². The van der Waals surface area contributed by atoms with Gasteiger partial charge in [-0.05, 0) is 18.2 Å². The molecular formula is C9H9N3O. The molecule has 66 valence electrons. The van der Waals surface area contributed by atoms with Gasteiger partial charge in [-0.25, -0.2) is 4.98 Å². The lowest BCUT2D eigenvalue weighted by Crippen LogP contribution is -2.16. The van der Waals surface area contributed by atoms with Crippen LogP contribution in [0.5, 0.6) is 0 Å². The summed E-state index contributed by atoms with van der Waals surface area (Å²) in [5.74, 6) is 0.425. The molecular weight excluding hydrogens is 166 g/mol. The molecule has 0 fully saturated rings. The Morgan fingerprint density at radius 3 is 2.77 bits per heavy atom. The Bertz CT molecular complexity index is 516. The van der Waals surface area contributed by atoms with E-state index in [-0.39, 0.29) is 5.56 Å². The van der Waals surface area contributed by atoms with Crippen LogP contribution in [-0.2, 0) is 7.05 Å². The lowest BCUT2D eigenvalue weighted by atomic mass is 10.3. The van der Waals surface area contributed by atoms with E-state index in [1.807, 2.05) is 6.07 Å². The minimum Gasteiger partial charge on any atom is -0.384 e. The zero-order valence-electron chi connectivity index (χ0n) is 7.19. The molecule has 2 aromatic heterocycles. The number of nitrogens with two attached hydrogens (primary N) is 1. The van der Waals surface area contributed by atoms with Crippen LogP contribution in [0.1, 0.15) is 0 Å². The third kappa shape index (κ3) is 1.16. The Kier molecular flexibility index (Phi) is 1.55. The van der Waals surface area contributed by atoms with Crippen LogP contribution in [0.3, 0.4) is 0 Å². The summed E-state index contributed by atoms with van der Waals surface area (Å²) in [5, 5.41) is 0.913. The molecule has 0 saturated heterocycles. The van der Waals surface area contributed by atoms with Crippen molar-refractivity contribution in [1.82, 2.24) is 9.55 Å². The van der Waals surface area contributed by atoms with Crippen LogP contribution in [0.15, 0.2) is 29.1 Å². The predicted octanol–water partition coefficient (Wildman–Crippen LogP) is 0.516. The average molecular weight is 175 g/mol. The maximum absolute atomic E-state index is 11.2. The van der Waals surface area contributed by atoms with E-state index < -0.39 is 0 Å². The lowest BCUT2D eigenvalue weighted by Gasteiger charge is -2.02. The summed E-state index contributed by atoms with van der Waals surface area (Å²) in [6, 6.07) is 6.81. The van der Waals surface area contributed by atoms with Gasteiger partial charge in [0.2, 0.25) is 0 Å². The molecule has 0 atom stereocenters. The Hall–Kier alpha value is -1.84. The van der Waals surface area contributed by atoms with Crippen LogP contribution < -0.4 is 11.3 Å².